The van der Waals surface area contributed by atoms with Gasteiger partial charge >= 0.3 is 0 Å². The minimum Gasteiger partial charge on any atom is -0.390 e. The zero-order valence-electron chi connectivity index (χ0n) is 11.2. The van der Waals surface area contributed by atoms with Gasteiger partial charge in [-0.1, -0.05) is 6.92 Å². The molecule has 100 valence electrons. The molecule has 2 fully saturated rings. The van der Waals surface area contributed by atoms with E-state index in [9.17, 15) is 5.11 Å². The molecule has 17 heavy (non-hydrogen) atoms. The maximum absolute atomic E-state index is 9.94. The predicted octanol–water partition coefficient (Wildman–Crippen LogP) is 0.125. The molecule has 3 unspecified atom stereocenters. The van der Waals surface area contributed by atoms with Crippen LogP contribution in [0.4, 0.5) is 0 Å². The average Bonchev–Trinajstić information content (AvgIpc) is 2.55. The van der Waals surface area contributed by atoms with Crippen molar-refractivity contribution in [1.29, 1.82) is 0 Å². The van der Waals surface area contributed by atoms with Crippen molar-refractivity contribution in [3.63, 3.8) is 0 Å². The molecule has 2 bridgehead atoms. The summed E-state index contributed by atoms with van der Waals surface area (Å²) in [6, 6.07) is 1.50. The SMILES string of the molecule is CCNCC(O)CN1CCC2CCC(C1)N2C. The fourth-order valence-corrected chi connectivity index (χ4v) is 3.22. The van der Waals surface area contributed by atoms with Crippen LogP contribution < -0.4 is 5.32 Å². The van der Waals surface area contributed by atoms with Gasteiger partial charge in [0.25, 0.3) is 0 Å². The number of nitrogens with one attached hydrogen (secondary N) is 1. The van der Waals surface area contributed by atoms with Gasteiger partial charge in [-0.3, -0.25) is 9.80 Å². The van der Waals surface area contributed by atoms with Crippen molar-refractivity contribution in [1.82, 2.24) is 15.1 Å². The summed E-state index contributed by atoms with van der Waals surface area (Å²) in [4.78, 5) is 5.00. The molecule has 2 aliphatic heterocycles. The first-order chi connectivity index (χ1) is 8.20. The van der Waals surface area contributed by atoms with Crippen molar-refractivity contribution in [2.75, 3.05) is 39.8 Å². The molecular formula is C13H27N3O. The van der Waals surface area contributed by atoms with Crippen molar-refractivity contribution in [3.8, 4) is 0 Å². The van der Waals surface area contributed by atoms with Gasteiger partial charge < -0.3 is 10.4 Å². The third-order valence-electron chi connectivity index (χ3n) is 4.33. The molecular weight excluding hydrogens is 214 g/mol. The number of likely N-dealkylation sites (N-methyl/N-ethyl adjacent to an activating group) is 2. The smallest absolute Gasteiger partial charge is 0.0791 e. The predicted molar refractivity (Wildman–Crippen MR) is 70.2 cm³/mol. The molecule has 3 atom stereocenters. The van der Waals surface area contributed by atoms with Crippen LogP contribution in [0.1, 0.15) is 26.2 Å². The first-order valence-corrected chi connectivity index (χ1v) is 7.03. The van der Waals surface area contributed by atoms with E-state index in [4.69, 9.17) is 0 Å². The van der Waals surface area contributed by atoms with E-state index in [1.54, 1.807) is 0 Å². The summed E-state index contributed by atoms with van der Waals surface area (Å²) in [5, 5.41) is 13.2. The monoisotopic (exact) mass is 241 g/mol. The van der Waals surface area contributed by atoms with Crippen molar-refractivity contribution in [2.24, 2.45) is 0 Å². The summed E-state index contributed by atoms with van der Waals surface area (Å²) in [5.74, 6) is 0. The number of nitrogens with zero attached hydrogens (tertiary/aromatic N) is 2. The van der Waals surface area contributed by atoms with Crippen LogP contribution in [0.2, 0.25) is 0 Å². The Morgan fingerprint density at radius 2 is 2.06 bits per heavy atom. The number of hydrogen-bond donors (Lipinski definition) is 2. The first kappa shape index (κ1) is 13.3. The maximum Gasteiger partial charge on any atom is 0.0791 e. The van der Waals surface area contributed by atoms with Crippen LogP contribution >= 0.6 is 0 Å². The molecule has 0 saturated carbocycles. The van der Waals surface area contributed by atoms with Gasteiger partial charge in [-0.05, 0) is 39.4 Å². The van der Waals surface area contributed by atoms with Crippen LogP contribution in [-0.4, -0.2) is 72.9 Å². The Labute approximate surface area is 105 Å². The second-order valence-electron chi connectivity index (χ2n) is 5.56. The number of β-amino-alcohol motifs (C(OH)–C–C–N with tert-alkyl or cyclic N) is 1. The summed E-state index contributed by atoms with van der Waals surface area (Å²) in [7, 11) is 2.26. The first-order valence-electron chi connectivity index (χ1n) is 7.03. The Morgan fingerprint density at radius 3 is 2.82 bits per heavy atom. The molecule has 0 aromatic rings. The number of likely N-dealkylation sites (tertiary alicyclic amines) is 1. The summed E-state index contributed by atoms with van der Waals surface area (Å²) in [5.41, 5.74) is 0. The lowest BCUT2D eigenvalue weighted by molar-refractivity contribution is 0.106. The third-order valence-corrected chi connectivity index (χ3v) is 4.33. The number of aliphatic hydroxyl groups excluding tert-OH is 1. The lowest BCUT2D eigenvalue weighted by Crippen LogP contribution is -2.42. The fourth-order valence-electron chi connectivity index (χ4n) is 3.22. The van der Waals surface area contributed by atoms with Crippen LogP contribution in [0.5, 0.6) is 0 Å². The lowest BCUT2D eigenvalue weighted by Gasteiger charge is -2.27. The highest BCUT2D eigenvalue weighted by molar-refractivity contribution is 4.91. The molecule has 0 aromatic carbocycles. The molecule has 0 amide bonds. The van der Waals surface area contributed by atoms with Gasteiger partial charge in [-0.15, -0.1) is 0 Å². The van der Waals surface area contributed by atoms with Crippen molar-refractivity contribution in [3.05, 3.63) is 0 Å². The fraction of sp³-hybridized carbons (Fsp3) is 1.00. The largest absolute Gasteiger partial charge is 0.390 e. The van der Waals surface area contributed by atoms with Gasteiger partial charge in [0.15, 0.2) is 0 Å². The molecule has 2 aliphatic rings. The van der Waals surface area contributed by atoms with E-state index >= 15 is 0 Å². The van der Waals surface area contributed by atoms with Crippen LogP contribution in [-0.2, 0) is 0 Å². The van der Waals surface area contributed by atoms with E-state index < -0.39 is 0 Å². The minimum absolute atomic E-state index is 0.225. The van der Waals surface area contributed by atoms with E-state index in [1.807, 2.05) is 0 Å². The van der Waals surface area contributed by atoms with Crippen LogP contribution in [0.3, 0.4) is 0 Å². The van der Waals surface area contributed by atoms with Gasteiger partial charge in [0.2, 0.25) is 0 Å². The zero-order chi connectivity index (χ0) is 12.3. The van der Waals surface area contributed by atoms with E-state index in [-0.39, 0.29) is 6.10 Å². The summed E-state index contributed by atoms with van der Waals surface area (Å²) >= 11 is 0. The zero-order valence-corrected chi connectivity index (χ0v) is 11.2. The highest BCUT2D eigenvalue weighted by Gasteiger charge is 2.34. The number of aliphatic hydroxyl groups is 1. The van der Waals surface area contributed by atoms with E-state index in [0.29, 0.717) is 6.04 Å². The standard InChI is InChI=1S/C13H27N3O/c1-3-14-8-13(17)10-16-7-6-11-4-5-12(9-16)15(11)2/h11-14,17H,3-10H2,1-2H3. The van der Waals surface area contributed by atoms with Crippen LogP contribution in [0.25, 0.3) is 0 Å². The minimum atomic E-state index is -0.225. The molecule has 0 aromatic heterocycles. The highest BCUT2D eigenvalue weighted by atomic mass is 16.3. The van der Waals surface area contributed by atoms with Crippen LogP contribution in [0.15, 0.2) is 0 Å². The van der Waals surface area contributed by atoms with Gasteiger partial charge in [-0.2, -0.15) is 0 Å². The average molecular weight is 241 g/mol. The molecule has 4 nitrogen and oxygen atoms in total. The van der Waals surface area contributed by atoms with Gasteiger partial charge in [0.05, 0.1) is 6.10 Å². The molecule has 0 aliphatic carbocycles. The molecule has 2 saturated heterocycles. The third kappa shape index (κ3) is 3.41. The topological polar surface area (TPSA) is 38.7 Å². The number of fused-ring (bicyclic) bond motifs is 2. The van der Waals surface area contributed by atoms with E-state index in [0.717, 1.165) is 38.8 Å². The van der Waals surface area contributed by atoms with Crippen molar-refractivity contribution >= 4 is 0 Å². The molecule has 2 rings (SSSR count). The maximum atomic E-state index is 9.94. The normalized spacial score (nSPS) is 32.6. The van der Waals surface area contributed by atoms with Gasteiger partial charge in [0.1, 0.15) is 0 Å². The Kier molecular flexibility index (Phi) is 4.79. The number of hydrogen-bond acceptors (Lipinski definition) is 4. The summed E-state index contributed by atoms with van der Waals surface area (Å²) in [6.45, 7) is 6.84. The van der Waals surface area contributed by atoms with Gasteiger partial charge in [-0.25, -0.2) is 0 Å². The Morgan fingerprint density at radius 1 is 1.29 bits per heavy atom. The molecule has 2 heterocycles. The van der Waals surface area contributed by atoms with Crippen molar-refractivity contribution in [2.45, 2.75) is 44.4 Å². The molecule has 0 radical (unpaired) electrons. The highest BCUT2D eigenvalue weighted by Crippen LogP contribution is 2.28. The summed E-state index contributed by atoms with van der Waals surface area (Å²) < 4.78 is 0. The quantitative estimate of drug-likeness (QED) is 0.717. The second kappa shape index (κ2) is 6.14. The van der Waals surface area contributed by atoms with Gasteiger partial charge in [0, 0.05) is 31.7 Å². The molecule has 4 heteroatoms. The Bertz CT molecular complexity index is 237. The molecule has 2 N–H and O–H groups in total. The second-order valence-corrected chi connectivity index (χ2v) is 5.56. The Hall–Kier alpha value is -0.160. The molecule has 0 spiro atoms. The number of rotatable bonds is 5. The summed E-state index contributed by atoms with van der Waals surface area (Å²) in [6.07, 6.45) is 3.74. The van der Waals surface area contributed by atoms with E-state index in [1.165, 1.54) is 19.3 Å². The van der Waals surface area contributed by atoms with E-state index in [2.05, 4.69) is 29.1 Å². The van der Waals surface area contributed by atoms with Crippen LogP contribution in [0, 0.1) is 0 Å². The lowest BCUT2D eigenvalue weighted by atomic mass is 10.1. The Balaban J connectivity index is 1.78. The van der Waals surface area contributed by atoms with Crippen molar-refractivity contribution < 1.29 is 5.11 Å².